The Morgan fingerprint density at radius 2 is 2.05 bits per heavy atom. The first-order valence-electron chi connectivity index (χ1n) is 8.23. The Balaban J connectivity index is 1.52. The molecule has 1 aliphatic heterocycles. The first kappa shape index (κ1) is 14.5. The second-order valence-corrected chi connectivity index (χ2v) is 6.29. The van der Waals surface area contributed by atoms with Crippen LogP contribution in [0.1, 0.15) is 37.8 Å². The summed E-state index contributed by atoms with van der Waals surface area (Å²) < 4.78 is 0. The Labute approximate surface area is 126 Å². The molecule has 1 N–H and O–H groups in total. The van der Waals surface area contributed by atoms with Crippen molar-refractivity contribution in [2.24, 2.45) is 5.92 Å². The highest BCUT2D eigenvalue weighted by molar-refractivity contribution is 5.77. The Morgan fingerprint density at radius 3 is 2.71 bits per heavy atom. The van der Waals surface area contributed by atoms with Gasteiger partial charge in [0.15, 0.2) is 0 Å². The summed E-state index contributed by atoms with van der Waals surface area (Å²) in [7, 11) is 0. The molecular weight excluding hydrogens is 262 g/mol. The minimum absolute atomic E-state index is 0.321. The second-order valence-electron chi connectivity index (χ2n) is 6.29. The van der Waals surface area contributed by atoms with Gasteiger partial charge in [-0.1, -0.05) is 6.07 Å². The summed E-state index contributed by atoms with van der Waals surface area (Å²) in [5, 5.41) is 3.40. The topological polar surface area (TPSA) is 45.2 Å². The molecule has 114 valence electrons. The number of aromatic nitrogens is 1. The molecule has 4 heteroatoms. The first-order valence-corrected chi connectivity index (χ1v) is 8.23. The zero-order valence-corrected chi connectivity index (χ0v) is 12.6. The number of pyridine rings is 1. The van der Waals surface area contributed by atoms with E-state index in [1.807, 2.05) is 18.2 Å². The molecule has 1 aromatic rings. The van der Waals surface area contributed by atoms with Crippen molar-refractivity contribution in [2.75, 3.05) is 19.6 Å². The third-order valence-electron chi connectivity index (χ3n) is 4.54. The molecule has 2 fully saturated rings. The number of piperidine rings is 1. The van der Waals surface area contributed by atoms with Crippen LogP contribution in [-0.2, 0) is 11.2 Å². The van der Waals surface area contributed by atoms with Crippen LogP contribution in [-0.4, -0.2) is 41.5 Å². The molecule has 0 radical (unpaired) electrons. The number of amides is 1. The predicted octanol–water partition coefficient (Wildman–Crippen LogP) is 2.00. The SMILES string of the molecule is O=C(CCc1ccccn1)N(CC1CCNCC1)C1CC1. The van der Waals surface area contributed by atoms with E-state index in [1.165, 1.54) is 25.7 Å². The predicted molar refractivity (Wildman–Crippen MR) is 82.9 cm³/mol. The maximum Gasteiger partial charge on any atom is 0.223 e. The minimum atomic E-state index is 0.321. The quantitative estimate of drug-likeness (QED) is 0.870. The van der Waals surface area contributed by atoms with Crippen LogP contribution in [0.4, 0.5) is 0 Å². The van der Waals surface area contributed by atoms with Gasteiger partial charge in [0.05, 0.1) is 0 Å². The van der Waals surface area contributed by atoms with Gasteiger partial charge in [0.1, 0.15) is 0 Å². The van der Waals surface area contributed by atoms with Crippen LogP contribution in [0.25, 0.3) is 0 Å². The van der Waals surface area contributed by atoms with Crippen molar-refractivity contribution in [1.82, 2.24) is 15.2 Å². The summed E-state index contributed by atoms with van der Waals surface area (Å²) in [6.45, 7) is 3.17. The molecule has 4 nitrogen and oxygen atoms in total. The van der Waals surface area contributed by atoms with Crippen molar-refractivity contribution in [3.05, 3.63) is 30.1 Å². The summed E-state index contributed by atoms with van der Waals surface area (Å²) in [4.78, 5) is 19.0. The third kappa shape index (κ3) is 4.27. The van der Waals surface area contributed by atoms with Gasteiger partial charge in [0, 0.05) is 30.9 Å². The van der Waals surface area contributed by atoms with Crippen molar-refractivity contribution < 1.29 is 4.79 Å². The molecular formula is C17H25N3O. The van der Waals surface area contributed by atoms with Crippen molar-refractivity contribution in [2.45, 2.75) is 44.6 Å². The number of aryl methyl sites for hydroxylation is 1. The Bertz CT molecular complexity index is 452. The zero-order chi connectivity index (χ0) is 14.5. The van der Waals surface area contributed by atoms with E-state index in [9.17, 15) is 4.79 Å². The lowest BCUT2D eigenvalue weighted by Crippen LogP contribution is -2.40. The summed E-state index contributed by atoms with van der Waals surface area (Å²) in [5.41, 5.74) is 1.02. The summed E-state index contributed by atoms with van der Waals surface area (Å²) in [6.07, 6.45) is 7.95. The average Bonchev–Trinajstić information content (AvgIpc) is 3.37. The highest BCUT2D eigenvalue weighted by Gasteiger charge is 2.33. The fourth-order valence-corrected chi connectivity index (χ4v) is 3.11. The van der Waals surface area contributed by atoms with Gasteiger partial charge in [-0.2, -0.15) is 0 Å². The Kier molecular flexibility index (Phi) is 4.86. The van der Waals surface area contributed by atoms with Crippen LogP contribution >= 0.6 is 0 Å². The van der Waals surface area contributed by atoms with E-state index in [2.05, 4.69) is 15.2 Å². The zero-order valence-electron chi connectivity index (χ0n) is 12.6. The van der Waals surface area contributed by atoms with Crippen LogP contribution in [0.2, 0.25) is 0 Å². The molecule has 0 atom stereocenters. The number of carbonyl (C=O) groups excluding carboxylic acids is 1. The van der Waals surface area contributed by atoms with Gasteiger partial charge in [-0.3, -0.25) is 9.78 Å². The second kappa shape index (κ2) is 7.03. The number of nitrogens with one attached hydrogen (secondary N) is 1. The van der Waals surface area contributed by atoms with Gasteiger partial charge in [0.2, 0.25) is 5.91 Å². The average molecular weight is 287 g/mol. The smallest absolute Gasteiger partial charge is 0.223 e. The monoisotopic (exact) mass is 287 g/mol. The van der Waals surface area contributed by atoms with E-state index in [0.29, 0.717) is 24.3 Å². The van der Waals surface area contributed by atoms with E-state index in [1.54, 1.807) is 6.20 Å². The molecule has 1 aromatic heterocycles. The fourth-order valence-electron chi connectivity index (χ4n) is 3.11. The molecule has 1 saturated carbocycles. The molecule has 1 saturated heterocycles. The van der Waals surface area contributed by atoms with Gasteiger partial charge >= 0.3 is 0 Å². The Morgan fingerprint density at radius 1 is 1.24 bits per heavy atom. The lowest BCUT2D eigenvalue weighted by Gasteiger charge is -2.30. The normalized spacial score (nSPS) is 19.4. The molecule has 0 unspecified atom stereocenters. The molecule has 1 aliphatic carbocycles. The van der Waals surface area contributed by atoms with Crippen LogP contribution in [0.5, 0.6) is 0 Å². The minimum Gasteiger partial charge on any atom is -0.339 e. The molecule has 0 bridgehead atoms. The molecule has 0 aromatic carbocycles. The number of rotatable bonds is 6. The van der Waals surface area contributed by atoms with Crippen LogP contribution in [0, 0.1) is 5.92 Å². The molecule has 3 rings (SSSR count). The summed E-state index contributed by atoms with van der Waals surface area (Å²) in [5.74, 6) is 1.01. The van der Waals surface area contributed by atoms with Gasteiger partial charge in [-0.05, 0) is 63.2 Å². The number of hydrogen-bond donors (Lipinski definition) is 1. The van der Waals surface area contributed by atoms with Gasteiger partial charge in [0.25, 0.3) is 0 Å². The van der Waals surface area contributed by atoms with E-state index in [4.69, 9.17) is 0 Å². The Hall–Kier alpha value is -1.42. The van der Waals surface area contributed by atoms with Crippen LogP contribution < -0.4 is 5.32 Å². The highest BCUT2D eigenvalue weighted by atomic mass is 16.2. The van der Waals surface area contributed by atoms with Gasteiger partial charge in [-0.25, -0.2) is 0 Å². The summed E-state index contributed by atoms with van der Waals surface area (Å²) in [6, 6.07) is 6.43. The van der Waals surface area contributed by atoms with Crippen molar-refractivity contribution in [3.8, 4) is 0 Å². The lowest BCUT2D eigenvalue weighted by molar-refractivity contribution is -0.132. The van der Waals surface area contributed by atoms with E-state index in [0.717, 1.165) is 31.7 Å². The molecule has 1 amide bonds. The maximum atomic E-state index is 12.6. The van der Waals surface area contributed by atoms with E-state index < -0.39 is 0 Å². The number of nitrogens with zero attached hydrogens (tertiary/aromatic N) is 2. The third-order valence-corrected chi connectivity index (χ3v) is 4.54. The van der Waals surface area contributed by atoms with Crippen molar-refractivity contribution in [1.29, 1.82) is 0 Å². The maximum absolute atomic E-state index is 12.6. The lowest BCUT2D eigenvalue weighted by atomic mass is 9.97. The van der Waals surface area contributed by atoms with Crippen LogP contribution in [0.15, 0.2) is 24.4 Å². The number of carbonyl (C=O) groups is 1. The molecule has 0 spiro atoms. The largest absolute Gasteiger partial charge is 0.339 e. The standard InChI is InChI=1S/C17H25N3O/c21-17(7-4-15-3-1-2-10-19-15)20(16-5-6-16)13-14-8-11-18-12-9-14/h1-3,10,14,16,18H,4-9,11-13H2. The number of hydrogen-bond acceptors (Lipinski definition) is 3. The molecule has 2 aliphatic rings. The first-order chi connectivity index (χ1) is 10.3. The van der Waals surface area contributed by atoms with Gasteiger partial charge < -0.3 is 10.2 Å². The highest BCUT2D eigenvalue weighted by Crippen LogP contribution is 2.29. The van der Waals surface area contributed by atoms with Gasteiger partial charge in [-0.15, -0.1) is 0 Å². The molecule has 2 heterocycles. The summed E-state index contributed by atoms with van der Waals surface area (Å²) >= 11 is 0. The van der Waals surface area contributed by atoms with E-state index in [-0.39, 0.29) is 0 Å². The van der Waals surface area contributed by atoms with Crippen molar-refractivity contribution in [3.63, 3.8) is 0 Å². The van der Waals surface area contributed by atoms with Crippen molar-refractivity contribution >= 4 is 5.91 Å². The van der Waals surface area contributed by atoms with E-state index >= 15 is 0 Å². The molecule has 21 heavy (non-hydrogen) atoms. The fraction of sp³-hybridized carbons (Fsp3) is 0.647. The van der Waals surface area contributed by atoms with Crippen LogP contribution in [0.3, 0.4) is 0 Å².